The van der Waals surface area contributed by atoms with Crippen LogP contribution in [-0.4, -0.2) is 40.2 Å². The smallest absolute Gasteiger partial charge is 0.463 e. The topological polar surface area (TPSA) is 113 Å². The Labute approximate surface area is 186 Å². The van der Waals surface area contributed by atoms with E-state index in [1.54, 1.807) is 0 Å². The summed E-state index contributed by atoms with van der Waals surface area (Å²) in [6, 6.07) is 0. The molecule has 176 valence electrons. The number of hydrogen-bond donors (Lipinski definition) is 3. The third-order valence-electron chi connectivity index (χ3n) is 3.78. The van der Waals surface area contributed by atoms with Crippen molar-refractivity contribution in [2.75, 3.05) is 13.2 Å². The molecule has 0 unspecified atom stereocenters. The number of aliphatic hydroxyl groups excluding tert-OH is 1. The Hall–Kier alpha value is -1.76. The van der Waals surface area contributed by atoms with Gasteiger partial charge in [0, 0.05) is 6.42 Å². The molecule has 31 heavy (non-hydrogen) atoms. The van der Waals surface area contributed by atoms with E-state index in [0.29, 0.717) is 6.42 Å². The van der Waals surface area contributed by atoms with Crippen molar-refractivity contribution in [3.8, 4) is 0 Å². The molecule has 7 nitrogen and oxygen atoms in total. The molecule has 0 radical (unpaired) electrons. The summed E-state index contributed by atoms with van der Waals surface area (Å²) >= 11 is 0. The van der Waals surface area contributed by atoms with Crippen LogP contribution in [-0.2, 0) is 18.6 Å². The van der Waals surface area contributed by atoms with Crippen LogP contribution < -0.4 is 0 Å². The van der Waals surface area contributed by atoms with Crippen molar-refractivity contribution in [2.45, 2.75) is 64.4 Å². The molecule has 0 saturated carbocycles. The molecule has 8 heteroatoms. The fourth-order valence-electron chi connectivity index (χ4n) is 2.23. The summed E-state index contributed by atoms with van der Waals surface area (Å²) in [4.78, 5) is 28.6. The molecule has 0 rings (SSSR count). The van der Waals surface area contributed by atoms with Crippen molar-refractivity contribution in [1.29, 1.82) is 0 Å². The lowest BCUT2D eigenvalue weighted by Gasteiger charge is -2.12. The lowest BCUT2D eigenvalue weighted by Crippen LogP contribution is -2.23. The lowest BCUT2D eigenvalue weighted by molar-refractivity contribution is -0.147. The third kappa shape index (κ3) is 24.4. The van der Waals surface area contributed by atoms with Gasteiger partial charge in [-0.15, -0.1) is 0 Å². The maximum absolute atomic E-state index is 11.5. The van der Waals surface area contributed by atoms with Gasteiger partial charge in [-0.05, 0) is 44.9 Å². The van der Waals surface area contributed by atoms with Crippen LogP contribution in [0, 0.1) is 0 Å². The average molecular weight is 457 g/mol. The molecule has 0 saturated heterocycles. The zero-order valence-electron chi connectivity index (χ0n) is 18.3. The Balaban J connectivity index is 3.63. The minimum Gasteiger partial charge on any atom is -0.463 e. The van der Waals surface area contributed by atoms with Crippen molar-refractivity contribution < 1.29 is 33.5 Å². The van der Waals surface area contributed by atoms with Crippen molar-refractivity contribution in [3.63, 3.8) is 0 Å². The first-order chi connectivity index (χ1) is 14.8. The van der Waals surface area contributed by atoms with Crippen molar-refractivity contribution in [3.05, 3.63) is 60.8 Å². The number of ether oxygens (including phenoxy) is 1. The van der Waals surface area contributed by atoms with Crippen molar-refractivity contribution in [1.82, 2.24) is 0 Å². The quantitative estimate of drug-likeness (QED) is 0.116. The van der Waals surface area contributed by atoms with Crippen molar-refractivity contribution in [2.24, 2.45) is 0 Å². The number of phosphoric ester groups is 1. The average Bonchev–Trinajstić information content (AvgIpc) is 2.72. The van der Waals surface area contributed by atoms with Crippen LogP contribution in [0.25, 0.3) is 0 Å². The zero-order valence-corrected chi connectivity index (χ0v) is 19.2. The van der Waals surface area contributed by atoms with Crippen LogP contribution in [0.2, 0.25) is 0 Å². The van der Waals surface area contributed by atoms with E-state index in [-0.39, 0.29) is 13.0 Å². The molecule has 0 aromatic rings. The van der Waals surface area contributed by atoms with E-state index >= 15 is 0 Å². The Kier molecular flexibility index (Phi) is 19.0. The molecule has 0 amide bonds. The van der Waals surface area contributed by atoms with Gasteiger partial charge < -0.3 is 19.6 Å². The highest BCUT2D eigenvalue weighted by Gasteiger charge is 2.17. The number of unbranched alkanes of at least 4 members (excludes halogenated alkanes) is 1. The van der Waals surface area contributed by atoms with Crippen LogP contribution in [0.1, 0.15) is 58.3 Å². The minimum atomic E-state index is -4.64. The molecule has 3 N–H and O–H groups in total. The summed E-state index contributed by atoms with van der Waals surface area (Å²) in [5.41, 5.74) is 0. The predicted molar refractivity (Wildman–Crippen MR) is 123 cm³/mol. The van der Waals surface area contributed by atoms with Gasteiger partial charge >= 0.3 is 13.8 Å². The summed E-state index contributed by atoms with van der Waals surface area (Å²) in [6.07, 6.45) is 26.3. The molecule has 1 atom stereocenters. The minimum absolute atomic E-state index is 0.209. The third-order valence-corrected chi connectivity index (χ3v) is 4.27. The predicted octanol–water partition coefficient (Wildman–Crippen LogP) is 4.92. The number of esters is 1. The first-order valence-corrected chi connectivity index (χ1v) is 12.2. The summed E-state index contributed by atoms with van der Waals surface area (Å²) in [5, 5.41) is 9.41. The van der Waals surface area contributed by atoms with E-state index in [0.717, 1.165) is 38.5 Å². The van der Waals surface area contributed by atoms with Gasteiger partial charge in [-0.2, -0.15) is 0 Å². The number of hydrogen-bond acceptors (Lipinski definition) is 5. The largest absolute Gasteiger partial charge is 0.469 e. The Bertz CT molecular complexity index is 644. The normalized spacial score (nSPS) is 14.1. The standard InChI is InChI=1S/C23H37O7P/c1-2-3-4-5-6-7-8-9-10-11-12-13-14-15-16-17-18-19-23(25)29-20-22(24)21-30-31(26,27)28/h3-4,6-7,9-10,12-13,15-16,22,24H,2,5,8,11,14,17-21H2,1H3,(H2,26,27,28)/b4-3+,7-6+,10-9-,13-12-,16-15-/t22-/m1/s1. The molecule has 0 aromatic carbocycles. The fraction of sp³-hybridized carbons (Fsp3) is 0.522. The van der Waals surface area contributed by atoms with Crippen molar-refractivity contribution >= 4 is 13.8 Å². The van der Waals surface area contributed by atoms with E-state index in [4.69, 9.17) is 14.5 Å². The molecule has 0 bridgehead atoms. The van der Waals surface area contributed by atoms with Crippen LogP contribution in [0.15, 0.2) is 60.8 Å². The SMILES string of the molecule is CC/C=C/C/C=C/C/C=C\C/C=C\C/C=C\CCCC(=O)OC[C@@H](O)COP(=O)(O)O. The summed E-state index contributed by atoms with van der Waals surface area (Å²) in [5.74, 6) is -0.470. The van der Waals surface area contributed by atoms with Gasteiger partial charge in [0.05, 0.1) is 6.61 Å². The van der Waals surface area contributed by atoms with Crippen LogP contribution in [0.3, 0.4) is 0 Å². The second-order valence-electron chi connectivity index (χ2n) is 6.72. The number of carbonyl (C=O) groups excluding carboxylic acids is 1. The second-order valence-corrected chi connectivity index (χ2v) is 7.96. The van der Waals surface area contributed by atoms with Gasteiger partial charge in [-0.1, -0.05) is 67.7 Å². The Morgan fingerprint density at radius 3 is 1.81 bits per heavy atom. The maximum Gasteiger partial charge on any atom is 0.469 e. The molecule has 0 aliphatic carbocycles. The number of rotatable bonds is 18. The summed E-state index contributed by atoms with van der Waals surface area (Å²) in [6.45, 7) is 1.17. The highest BCUT2D eigenvalue weighted by molar-refractivity contribution is 7.46. The first kappa shape index (κ1) is 29.2. The van der Waals surface area contributed by atoms with Crippen LogP contribution in [0.4, 0.5) is 0 Å². The van der Waals surface area contributed by atoms with Crippen LogP contribution >= 0.6 is 7.82 Å². The van der Waals surface area contributed by atoms with E-state index in [9.17, 15) is 14.5 Å². The van der Waals surface area contributed by atoms with Gasteiger partial charge in [-0.3, -0.25) is 9.32 Å². The summed E-state index contributed by atoms with van der Waals surface area (Å²) < 4.78 is 19.4. The molecule has 0 spiro atoms. The number of phosphoric acid groups is 1. The van der Waals surface area contributed by atoms with E-state index in [2.05, 4.69) is 60.1 Å². The van der Waals surface area contributed by atoms with Gasteiger partial charge in [0.15, 0.2) is 0 Å². The maximum atomic E-state index is 11.5. The highest BCUT2D eigenvalue weighted by atomic mass is 31.2. The lowest BCUT2D eigenvalue weighted by atomic mass is 10.2. The van der Waals surface area contributed by atoms with Gasteiger partial charge in [-0.25, -0.2) is 4.57 Å². The monoisotopic (exact) mass is 456 g/mol. The molecule has 0 aromatic heterocycles. The second kappa shape index (κ2) is 20.2. The molecular weight excluding hydrogens is 419 g/mol. The summed E-state index contributed by atoms with van der Waals surface area (Å²) in [7, 11) is -4.64. The molecular formula is C23H37O7P. The van der Waals surface area contributed by atoms with E-state index < -0.39 is 26.5 Å². The van der Waals surface area contributed by atoms with Gasteiger partial charge in [0.25, 0.3) is 0 Å². The highest BCUT2D eigenvalue weighted by Crippen LogP contribution is 2.35. The van der Waals surface area contributed by atoms with E-state index in [1.807, 2.05) is 12.2 Å². The Morgan fingerprint density at radius 2 is 1.32 bits per heavy atom. The molecule has 0 aliphatic rings. The first-order valence-electron chi connectivity index (χ1n) is 10.6. The zero-order chi connectivity index (χ0) is 23.2. The number of carbonyl (C=O) groups is 1. The molecule has 0 aliphatic heterocycles. The molecule has 0 fully saturated rings. The number of allylic oxidation sites excluding steroid dienone is 10. The Morgan fingerprint density at radius 1 is 0.839 bits per heavy atom. The van der Waals surface area contributed by atoms with Gasteiger partial charge in [0.2, 0.25) is 0 Å². The van der Waals surface area contributed by atoms with E-state index in [1.165, 1.54) is 0 Å². The fourth-order valence-corrected chi connectivity index (χ4v) is 2.59. The van der Waals surface area contributed by atoms with Crippen LogP contribution in [0.5, 0.6) is 0 Å². The number of aliphatic hydroxyl groups is 1. The van der Waals surface area contributed by atoms with Gasteiger partial charge in [0.1, 0.15) is 12.7 Å². The molecule has 0 heterocycles.